The third-order valence-electron chi connectivity index (χ3n) is 3.22. The van der Waals surface area contributed by atoms with Crippen molar-refractivity contribution in [2.45, 2.75) is 18.9 Å². The van der Waals surface area contributed by atoms with Crippen molar-refractivity contribution in [2.75, 3.05) is 24.2 Å². The van der Waals surface area contributed by atoms with Crippen LogP contribution in [0.2, 0.25) is 0 Å². The quantitative estimate of drug-likeness (QED) is 0.889. The van der Waals surface area contributed by atoms with E-state index in [2.05, 4.69) is 5.32 Å². The van der Waals surface area contributed by atoms with Crippen LogP contribution in [-0.4, -0.2) is 28.3 Å². The zero-order valence-electron chi connectivity index (χ0n) is 10.2. The second-order valence-corrected chi connectivity index (χ2v) is 6.48. The monoisotopic (exact) mass is 254 g/mol. The van der Waals surface area contributed by atoms with Crippen LogP contribution in [0.4, 0.5) is 5.69 Å². The number of nitrogens with zero attached hydrogens (tertiary/aromatic N) is 1. The Bertz CT molecular complexity index is 476. The average Bonchev–Trinajstić information content (AvgIpc) is 2.80. The summed E-state index contributed by atoms with van der Waals surface area (Å²) in [5.74, 6) is 0. The highest BCUT2D eigenvalue weighted by Gasteiger charge is 2.17. The van der Waals surface area contributed by atoms with Crippen LogP contribution in [0.25, 0.3) is 0 Å². The van der Waals surface area contributed by atoms with Crippen LogP contribution in [0.3, 0.4) is 0 Å². The minimum Gasteiger partial charge on any atom is -0.310 e. The fourth-order valence-electron chi connectivity index (χ4n) is 2.08. The van der Waals surface area contributed by atoms with Gasteiger partial charge in [0.05, 0.1) is 11.9 Å². The second kappa shape index (κ2) is 4.66. The standard InChI is InChI=1S/C12H18N2O2S/c1-14(17(2,15)16)11-7-5-10(6-8-11)12-4-3-9-13-12/h5-8,12-13H,3-4,9H2,1-2H3. The van der Waals surface area contributed by atoms with Gasteiger partial charge in [0, 0.05) is 13.1 Å². The van der Waals surface area contributed by atoms with E-state index in [9.17, 15) is 8.42 Å². The number of nitrogens with one attached hydrogen (secondary N) is 1. The fraction of sp³-hybridized carbons (Fsp3) is 0.500. The smallest absolute Gasteiger partial charge is 0.231 e. The summed E-state index contributed by atoms with van der Waals surface area (Å²) in [7, 11) is -1.60. The minimum atomic E-state index is -3.17. The molecular formula is C12H18N2O2S. The lowest BCUT2D eigenvalue weighted by atomic mass is 10.1. The highest BCUT2D eigenvalue weighted by atomic mass is 32.2. The molecule has 0 saturated carbocycles. The van der Waals surface area contributed by atoms with E-state index >= 15 is 0 Å². The van der Waals surface area contributed by atoms with Crippen molar-refractivity contribution in [1.29, 1.82) is 0 Å². The molecular weight excluding hydrogens is 236 g/mol. The first-order valence-corrected chi connectivity index (χ1v) is 7.60. The van der Waals surface area contributed by atoms with E-state index in [0.717, 1.165) is 13.0 Å². The van der Waals surface area contributed by atoms with Crippen LogP contribution in [0, 0.1) is 0 Å². The predicted molar refractivity (Wildman–Crippen MR) is 69.7 cm³/mol. The molecule has 1 saturated heterocycles. The molecule has 5 heteroatoms. The van der Waals surface area contributed by atoms with E-state index in [1.807, 2.05) is 24.3 Å². The van der Waals surface area contributed by atoms with Gasteiger partial charge in [-0.1, -0.05) is 12.1 Å². The first-order valence-electron chi connectivity index (χ1n) is 5.76. The molecule has 4 nitrogen and oxygen atoms in total. The lowest BCUT2D eigenvalue weighted by molar-refractivity contribution is 0.600. The summed E-state index contributed by atoms with van der Waals surface area (Å²) in [5, 5.41) is 3.42. The molecule has 0 spiro atoms. The molecule has 2 rings (SSSR count). The highest BCUT2D eigenvalue weighted by molar-refractivity contribution is 7.92. The molecule has 1 fully saturated rings. The maximum Gasteiger partial charge on any atom is 0.231 e. The zero-order valence-corrected chi connectivity index (χ0v) is 11.0. The Morgan fingerprint density at radius 2 is 1.94 bits per heavy atom. The van der Waals surface area contributed by atoms with Crippen LogP contribution >= 0.6 is 0 Å². The van der Waals surface area contributed by atoms with Gasteiger partial charge in [0.25, 0.3) is 0 Å². The first kappa shape index (κ1) is 12.4. The normalized spacial score (nSPS) is 20.5. The Balaban J connectivity index is 2.18. The van der Waals surface area contributed by atoms with Gasteiger partial charge in [-0.2, -0.15) is 0 Å². The molecule has 0 aliphatic carbocycles. The van der Waals surface area contributed by atoms with Crippen LogP contribution in [0.1, 0.15) is 24.4 Å². The number of rotatable bonds is 3. The lowest BCUT2D eigenvalue weighted by Gasteiger charge is -2.18. The first-order chi connectivity index (χ1) is 7.98. The maximum absolute atomic E-state index is 11.4. The molecule has 0 radical (unpaired) electrons. The minimum absolute atomic E-state index is 0.424. The Kier molecular flexibility index (Phi) is 3.40. The summed E-state index contributed by atoms with van der Waals surface area (Å²) >= 11 is 0. The molecule has 1 aliphatic heterocycles. The van der Waals surface area contributed by atoms with E-state index in [0.29, 0.717) is 11.7 Å². The molecule has 1 aromatic rings. The molecule has 94 valence electrons. The van der Waals surface area contributed by atoms with Gasteiger partial charge in [-0.25, -0.2) is 8.42 Å². The summed E-state index contributed by atoms with van der Waals surface area (Å²) in [5.41, 5.74) is 1.93. The topological polar surface area (TPSA) is 49.4 Å². The van der Waals surface area contributed by atoms with Crippen molar-refractivity contribution in [3.8, 4) is 0 Å². The van der Waals surface area contributed by atoms with Crippen LogP contribution in [0.15, 0.2) is 24.3 Å². The highest BCUT2D eigenvalue weighted by Crippen LogP contribution is 2.25. The molecule has 1 atom stereocenters. The predicted octanol–water partition coefficient (Wildman–Crippen LogP) is 1.51. The maximum atomic E-state index is 11.4. The molecule has 1 heterocycles. The molecule has 17 heavy (non-hydrogen) atoms. The van der Waals surface area contributed by atoms with Gasteiger partial charge in [0.1, 0.15) is 0 Å². The van der Waals surface area contributed by atoms with E-state index < -0.39 is 10.0 Å². The molecule has 1 aromatic carbocycles. The Morgan fingerprint density at radius 1 is 1.29 bits per heavy atom. The van der Waals surface area contributed by atoms with Crippen LogP contribution < -0.4 is 9.62 Å². The summed E-state index contributed by atoms with van der Waals surface area (Å²) in [4.78, 5) is 0. The Labute approximate surface area is 103 Å². The van der Waals surface area contributed by atoms with Crippen LogP contribution in [0.5, 0.6) is 0 Å². The summed E-state index contributed by atoms with van der Waals surface area (Å²) in [6.07, 6.45) is 3.57. The van der Waals surface area contributed by atoms with Crippen molar-refractivity contribution < 1.29 is 8.42 Å². The molecule has 1 N–H and O–H groups in total. The van der Waals surface area contributed by atoms with Gasteiger partial charge >= 0.3 is 0 Å². The average molecular weight is 254 g/mol. The molecule has 0 aromatic heterocycles. The number of hydrogen-bond donors (Lipinski definition) is 1. The Morgan fingerprint density at radius 3 is 2.41 bits per heavy atom. The van der Waals surface area contributed by atoms with Gasteiger partial charge in [-0.15, -0.1) is 0 Å². The number of hydrogen-bond acceptors (Lipinski definition) is 3. The molecule has 0 amide bonds. The van der Waals surface area contributed by atoms with E-state index in [4.69, 9.17) is 0 Å². The summed E-state index contributed by atoms with van der Waals surface area (Å²) in [6.45, 7) is 1.07. The zero-order chi connectivity index (χ0) is 12.5. The van der Waals surface area contributed by atoms with Crippen LogP contribution in [-0.2, 0) is 10.0 Å². The number of anilines is 1. The lowest BCUT2D eigenvalue weighted by Crippen LogP contribution is -2.24. The van der Waals surface area contributed by atoms with Gasteiger partial charge < -0.3 is 5.32 Å². The van der Waals surface area contributed by atoms with Crippen molar-refractivity contribution in [3.05, 3.63) is 29.8 Å². The third kappa shape index (κ3) is 2.79. The summed E-state index contributed by atoms with van der Waals surface area (Å²) in [6, 6.07) is 8.14. The van der Waals surface area contributed by atoms with Gasteiger partial charge in [-0.05, 0) is 37.1 Å². The van der Waals surface area contributed by atoms with E-state index in [-0.39, 0.29) is 0 Å². The van der Waals surface area contributed by atoms with E-state index in [1.54, 1.807) is 7.05 Å². The fourth-order valence-corrected chi connectivity index (χ4v) is 2.58. The summed E-state index contributed by atoms with van der Waals surface area (Å²) < 4.78 is 24.1. The Hall–Kier alpha value is -1.07. The number of benzene rings is 1. The number of sulfonamides is 1. The largest absolute Gasteiger partial charge is 0.310 e. The second-order valence-electron chi connectivity index (χ2n) is 4.47. The van der Waals surface area contributed by atoms with Gasteiger partial charge in [0.15, 0.2) is 0 Å². The van der Waals surface area contributed by atoms with Gasteiger partial charge in [-0.3, -0.25) is 4.31 Å². The van der Waals surface area contributed by atoms with E-state index in [1.165, 1.54) is 22.5 Å². The molecule has 1 unspecified atom stereocenters. The molecule has 1 aliphatic rings. The third-order valence-corrected chi connectivity index (χ3v) is 4.42. The van der Waals surface area contributed by atoms with Gasteiger partial charge in [0.2, 0.25) is 10.0 Å². The van der Waals surface area contributed by atoms with Crippen molar-refractivity contribution >= 4 is 15.7 Å². The van der Waals surface area contributed by atoms with Crippen molar-refractivity contribution in [2.24, 2.45) is 0 Å². The molecule has 0 bridgehead atoms. The SMILES string of the molecule is CN(c1ccc(C2CCCN2)cc1)S(C)(=O)=O. The van der Waals surface area contributed by atoms with Crippen molar-refractivity contribution in [3.63, 3.8) is 0 Å². The van der Waals surface area contributed by atoms with Crippen molar-refractivity contribution in [1.82, 2.24) is 5.32 Å².